The van der Waals surface area contributed by atoms with Crippen molar-refractivity contribution in [3.8, 4) is 16.8 Å². The van der Waals surface area contributed by atoms with Gasteiger partial charge in [-0.3, -0.25) is 10.6 Å². The molecule has 3 heterocycles. The molecule has 6 heteroatoms. The van der Waals surface area contributed by atoms with E-state index in [2.05, 4.69) is 173 Å². The summed E-state index contributed by atoms with van der Waals surface area (Å²) in [6.07, 6.45) is 0.268. The van der Waals surface area contributed by atoms with Crippen molar-refractivity contribution in [2.45, 2.75) is 18.8 Å². The highest BCUT2D eigenvalue weighted by Crippen LogP contribution is 2.43. The first-order chi connectivity index (χ1) is 28.7. The molecule has 280 valence electrons. The average molecular weight is 753 g/mol. The van der Waals surface area contributed by atoms with E-state index in [9.17, 15) is 0 Å². The fourth-order valence-corrected chi connectivity index (χ4v) is 8.89. The van der Waals surface area contributed by atoms with E-state index in [1.165, 1.54) is 27.4 Å². The van der Waals surface area contributed by atoms with Gasteiger partial charge in [0.25, 0.3) is 0 Å². The minimum absolute atomic E-state index is 0.240. The second-order valence-corrected chi connectivity index (χ2v) is 15.0. The minimum Gasteiger partial charge on any atom is -0.456 e. The van der Waals surface area contributed by atoms with Crippen molar-refractivity contribution in [2.24, 2.45) is 5.73 Å². The predicted octanol–water partition coefficient (Wildman–Crippen LogP) is 12.3. The van der Waals surface area contributed by atoms with E-state index in [4.69, 9.17) is 14.6 Å². The van der Waals surface area contributed by atoms with Crippen molar-refractivity contribution >= 4 is 65.7 Å². The molecule has 8 aromatic carbocycles. The van der Waals surface area contributed by atoms with E-state index >= 15 is 0 Å². The van der Waals surface area contributed by atoms with Crippen LogP contribution in [0.5, 0.6) is 0 Å². The SMILES string of the molecule is NC(NC(NCCc1ccccc1)c1cccc2oc3cc(-c4cccc5c4oc4cccc(-n6c7ccccc7c7ccccc76)c45)ccc3c12)c1ccccc1. The molecule has 0 radical (unpaired) electrons. The molecule has 11 aromatic rings. The summed E-state index contributed by atoms with van der Waals surface area (Å²) in [6, 6.07) is 63.6. The van der Waals surface area contributed by atoms with Crippen LogP contribution in [0.3, 0.4) is 0 Å². The maximum absolute atomic E-state index is 6.81. The molecule has 4 N–H and O–H groups in total. The van der Waals surface area contributed by atoms with E-state index in [-0.39, 0.29) is 12.3 Å². The fraction of sp³-hybridized carbons (Fsp3) is 0.0769. The Labute approximate surface area is 335 Å². The van der Waals surface area contributed by atoms with Gasteiger partial charge in [0.1, 0.15) is 22.3 Å². The molecule has 0 fully saturated rings. The van der Waals surface area contributed by atoms with E-state index in [0.717, 1.165) is 84.8 Å². The molecule has 11 rings (SSSR count). The maximum atomic E-state index is 6.81. The van der Waals surface area contributed by atoms with Gasteiger partial charge in [-0.2, -0.15) is 0 Å². The zero-order valence-electron chi connectivity index (χ0n) is 31.7. The molecule has 0 aliphatic heterocycles. The molecule has 0 amide bonds. The van der Waals surface area contributed by atoms with Gasteiger partial charge >= 0.3 is 0 Å². The van der Waals surface area contributed by atoms with E-state index in [1.54, 1.807) is 0 Å². The number of para-hydroxylation sites is 3. The Morgan fingerprint density at radius 1 is 0.534 bits per heavy atom. The zero-order valence-corrected chi connectivity index (χ0v) is 31.7. The summed E-state index contributed by atoms with van der Waals surface area (Å²) in [5.74, 6) is 0. The maximum Gasteiger partial charge on any atom is 0.143 e. The molecular formula is C52H40N4O2. The van der Waals surface area contributed by atoms with Crippen LogP contribution in [0.15, 0.2) is 191 Å². The highest BCUT2D eigenvalue weighted by molar-refractivity contribution is 6.16. The number of nitrogens with two attached hydrogens (primary N) is 1. The van der Waals surface area contributed by atoms with Crippen LogP contribution in [-0.4, -0.2) is 11.1 Å². The number of aromatic nitrogens is 1. The van der Waals surface area contributed by atoms with Gasteiger partial charge in [0, 0.05) is 39.0 Å². The van der Waals surface area contributed by atoms with Gasteiger partial charge in [0.05, 0.1) is 34.4 Å². The van der Waals surface area contributed by atoms with Crippen LogP contribution in [0, 0.1) is 0 Å². The number of nitrogens with one attached hydrogen (secondary N) is 2. The number of rotatable bonds is 10. The lowest BCUT2D eigenvalue weighted by atomic mass is 9.99. The van der Waals surface area contributed by atoms with Gasteiger partial charge < -0.3 is 19.1 Å². The van der Waals surface area contributed by atoms with Crippen molar-refractivity contribution in [1.82, 2.24) is 15.2 Å². The topological polar surface area (TPSA) is 81.3 Å². The molecule has 2 atom stereocenters. The van der Waals surface area contributed by atoms with Gasteiger partial charge in [0.2, 0.25) is 0 Å². The summed E-state index contributed by atoms with van der Waals surface area (Å²) in [5, 5.41) is 14.2. The van der Waals surface area contributed by atoms with Crippen LogP contribution in [0.4, 0.5) is 0 Å². The van der Waals surface area contributed by atoms with Crippen molar-refractivity contribution in [1.29, 1.82) is 0 Å². The lowest BCUT2D eigenvalue weighted by molar-refractivity contribution is 0.391. The third kappa shape index (κ3) is 5.77. The summed E-state index contributed by atoms with van der Waals surface area (Å²) < 4.78 is 15.8. The zero-order chi connectivity index (χ0) is 38.6. The van der Waals surface area contributed by atoms with Gasteiger partial charge in [-0.25, -0.2) is 0 Å². The third-order valence-electron chi connectivity index (χ3n) is 11.6. The first-order valence-corrected chi connectivity index (χ1v) is 19.9. The molecule has 0 aliphatic carbocycles. The van der Waals surface area contributed by atoms with Crippen LogP contribution >= 0.6 is 0 Å². The summed E-state index contributed by atoms with van der Waals surface area (Å²) >= 11 is 0. The van der Waals surface area contributed by atoms with Crippen LogP contribution < -0.4 is 16.4 Å². The molecule has 0 saturated heterocycles. The molecule has 0 saturated carbocycles. The molecule has 0 bridgehead atoms. The van der Waals surface area contributed by atoms with Crippen molar-refractivity contribution in [3.05, 3.63) is 199 Å². The quantitative estimate of drug-likeness (QED) is 0.121. The van der Waals surface area contributed by atoms with E-state index < -0.39 is 0 Å². The number of nitrogens with zero attached hydrogens (tertiary/aromatic N) is 1. The Hall–Kier alpha value is -6.96. The summed E-state index contributed by atoms with van der Waals surface area (Å²) in [7, 11) is 0. The Bertz CT molecular complexity index is 3220. The monoisotopic (exact) mass is 752 g/mol. The minimum atomic E-state index is -0.379. The molecule has 0 aliphatic rings. The molecule has 3 aromatic heterocycles. The first-order valence-electron chi connectivity index (χ1n) is 19.9. The Kier molecular flexibility index (Phi) is 8.40. The Balaban J connectivity index is 1.01. The molecule has 0 spiro atoms. The average Bonchev–Trinajstić information content (AvgIpc) is 3.96. The van der Waals surface area contributed by atoms with Crippen LogP contribution in [-0.2, 0) is 6.42 Å². The molecule has 2 unspecified atom stereocenters. The predicted molar refractivity (Wildman–Crippen MR) is 238 cm³/mol. The fourth-order valence-electron chi connectivity index (χ4n) is 8.89. The summed E-state index contributed by atoms with van der Waals surface area (Å²) in [4.78, 5) is 0. The standard InChI is InChI=1S/C52H40N4O2/c53-51(34-16-5-2-6-17-34)55-52(54-31-30-33-14-3-1-4-15-33)41-22-12-26-45-48(41)39-29-28-35(32-47(39)57-45)36-20-11-21-40-49-44(25-13-27-46(49)58-50(36)40)56-42-23-9-7-18-37(42)38-19-8-10-24-43(38)56/h1-29,32,51-52,54-55H,30-31,53H2. The van der Waals surface area contributed by atoms with Crippen LogP contribution in [0.1, 0.15) is 29.0 Å². The largest absolute Gasteiger partial charge is 0.456 e. The highest BCUT2D eigenvalue weighted by atomic mass is 16.3. The van der Waals surface area contributed by atoms with Gasteiger partial charge in [0.15, 0.2) is 0 Å². The van der Waals surface area contributed by atoms with Gasteiger partial charge in [-0.15, -0.1) is 0 Å². The van der Waals surface area contributed by atoms with Gasteiger partial charge in [-0.1, -0.05) is 140 Å². The van der Waals surface area contributed by atoms with E-state index in [0.29, 0.717) is 0 Å². The highest BCUT2D eigenvalue weighted by Gasteiger charge is 2.23. The van der Waals surface area contributed by atoms with Gasteiger partial charge in [-0.05, 0) is 71.1 Å². The van der Waals surface area contributed by atoms with Crippen LogP contribution in [0.25, 0.3) is 82.5 Å². The smallest absolute Gasteiger partial charge is 0.143 e. The molecule has 6 nitrogen and oxygen atoms in total. The number of fused-ring (bicyclic) bond motifs is 9. The Morgan fingerprint density at radius 3 is 1.97 bits per heavy atom. The van der Waals surface area contributed by atoms with Crippen LogP contribution in [0.2, 0.25) is 0 Å². The Morgan fingerprint density at radius 2 is 1.19 bits per heavy atom. The second kappa shape index (κ2) is 14.2. The molecular weight excluding hydrogens is 713 g/mol. The van der Waals surface area contributed by atoms with Crippen molar-refractivity contribution < 1.29 is 8.83 Å². The van der Waals surface area contributed by atoms with Crippen molar-refractivity contribution in [3.63, 3.8) is 0 Å². The van der Waals surface area contributed by atoms with E-state index in [1.807, 2.05) is 24.3 Å². The lowest BCUT2D eigenvalue weighted by Gasteiger charge is -2.26. The summed E-state index contributed by atoms with van der Waals surface area (Å²) in [5.41, 5.74) is 19.0. The normalized spacial score (nSPS) is 13.1. The number of benzene rings is 8. The summed E-state index contributed by atoms with van der Waals surface area (Å²) in [6.45, 7) is 0.763. The second-order valence-electron chi connectivity index (χ2n) is 15.0. The molecule has 58 heavy (non-hydrogen) atoms. The van der Waals surface area contributed by atoms with Crippen molar-refractivity contribution in [2.75, 3.05) is 6.54 Å². The lowest BCUT2D eigenvalue weighted by Crippen LogP contribution is -2.40. The number of furan rings is 2. The number of hydrogen-bond acceptors (Lipinski definition) is 5. The third-order valence-corrected chi connectivity index (χ3v) is 11.6. The number of hydrogen-bond donors (Lipinski definition) is 3. The first kappa shape index (κ1) is 34.3.